The van der Waals surface area contributed by atoms with E-state index in [-0.39, 0.29) is 24.3 Å². The van der Waals surface area contributed by atoms with Crippen LogP contribution in [-0.4, -0.2) is 24.3 Å². The first-order chi connectivity index (χ1) is 11.6. The first-order valence-corrected chi connectivity index (χ1v) is 8.31. The zero-order valence-corrected chi connectivity index (χ0v) is 14.1. The van der Waals surface area contributed by atoms with Gasteiger partial charge in [0, 0.05) is 23.0 Å². The van der Waals surface area contributed by atoms with E-state index in [9.17, 15) is 9.59 Å². The van der Waals surface area contributed by atoms with E-state index in [2.05, 4.69) is 18.3 Å². The second-order valence-electron chi connectivity index (χ2n) is 6.27. The minimum absolute atomic E-state index is 0.0383. The fourth-order valence-corrected chi connectivity index (χ4v) is 3.15. The second kappa shape index (κ2) is 6.87. The summed E-state index contributed by atoms with van der Waals surface area (Å²) in [7, 11) is 0. The van der Waals surface area contributed by atoms with Crippen LogP contribution in [0.15, 0.2) is 48.5 Å². The molecule has 1 N–H and O–H groups in total. The van der Waals surface area contributed by atoms with Crippen LogP contribution in [0.1, 0.15) is 36.2 Å². The molecule has 1 atom stereocenters. The van der Waals surface area contributed by atoms with Crippen LogP contribution in [0, 0.1) is 0 Å². The number of benzene rings is 2. The van der Waals surface area contributed by atoms with Crippen LogP contribution in [0.2, 0.25) is 0 Å². The molecule has 0 saturated carbocycles. The second-order valence-corrected chi connectivity index (χ2v) is 6.27. The molecule has 0 bridgehead atoms. The SMILES string of the molecule is CC(=O)c1ccc(NCC(=O)N2c3ccccc3CCC2C)cc1. The van der Waals surface area contributed by atoms with Gasteiger partial charge in [-0.05, 0) is 62.6 Å². The highest BCUT2D eigenvalue weighted by atomic mass is 16.2. The fourth-order valence-electron chi connectivity index (χ4n) is 3.15. The molecule has 1 aliphatic heterocycles. The Bertz CT molecular complexity index is 752. The quantitative estimate of drug-likeness (QED) is 0.874. The molecule has 2 aromatic carbocycles. The number of nitrogens with zero attached hydrogens (tertiary/aromatic N) is 1. The Morgan fingerprint density at radius 1 is 1.12 bits per heavy atom. The van der Waals surface area contributed by atoms with Crippen LogP contribution in [0.5, 0.6) is 0 Å². The van der Waals surface area contributed by atoms with Crippen LogP contribution in [0.4, 0.5) is 11.4 Å². The fraction of sp³-hybridized carbons (Fsp3) is 0.300. The molecule has 0 radical (unpaired) electrons. The van der Waals surface area contributed by atoms with Crippen molar-refractivity contribution in [3.05, 3.63) is 59.7 Å². The number of ketones is 1. The number of anilines is 2. The molecule has 0 fully saturated rings. The van der Waals surface area contributed by atoms with Crippen molar-refractivity contribution in [1.29, 1.82) is 0 Å². The van der Waals surface area contributed by atoms with Crippen molar-refractivity contribution in [2.24, 2.45) is 0 Å². The molecule has 0 saturated heterocycles. The van der Waals surface area contributed by atoms with Crippen molar-refractivity contribution >= 4 is 23.1 Å². The van der Waals surface area contributed by atoms with E-state index in [0.29, 0.717) is 5.56 Å². The third-order valence-electron chi connectivity index (χ3n) is 4.53. The minimum atomic E-state index is 0.0383. The molecule has 124 valence electrons. The highest BCUT2D eigenvalue weighted by Gasteiger charge is 2.27. The topological polar surface area (TPSA) is 49.4 Å². The molecule has 3 rings (SSSR count). The van der Waals surface area contributed by atoms with Crippen LogP contribution in [0.3, 0.4) is 0 Å². The number of fused-ring (bicyclic) bond motifs is 1. The van der Waals surface area contributed by atoms with Crippen molar-refractivity contribution in [3.63, 3.8) is 0 Å². The summed E-state index contributed by atoms with van der Waals surface area (Å²) in [5.41, 5.74) is 3.77. The summed E-state index contributed by atoms with van der Waals surface area (Å²) in [5.74, 6) is 0.0988. The number of hydrogen-bond donors (Lipinski definition) is 1. The molecule has 1 aliphatic rings. The van der Waals surface area contributed by atoms with Gasteiger partial charge in [0.05, 0.1) is 6.54 Å². The van der Waals surface area contributed by atoms with E-state index >= 15 is 0 Å². The molecule has 4 heteroatoms. The van der Waals surface area contributed by atoms with Crippen molar-refractivity contribution in [2.45, 2.75) is 32.7 Å². The molecular formula is C20H22N2O2. The third kappa shape index (κ3) is 3.32. The van der Waals surface area contributed by atoms with Crippen LogP contribution in [-0.2, 0) is 11.2 Å². The maximum atomic E-state index is 12.7. The van der Waals surface area contributed by atoms with Gasteiger partial charge < -0.3 is 10.2 Å². The van der Waals surface area contributed by atoms with Crippen LogP contribution in [0.25, 0.3) is 0 Å². The number of nitrogens with one attached hydrogen (secondary N) is 1. The number of carbonyl (C=O) groups is 2. The molecule has 1 heterocycles. The summed E-state index contributed by atoms with van der Waals surface area (Å²) < 4.78 is 0. The highest BCUT2D eigenvalue weighted by Crippen LogP contribution is 2.30. The first-order valence-electron chi connectivity index (χ1n) is 8.31. The summed E-state index contributed by atoms with van der Waals surface area (Å²) in [6, 6.07) is 15.5. The molecule has 1 amide bonds. The number of aryl methyl sites for hydroxylation is 1. The first kappa shape index (κ1) is 16.2. The summed E-state index contributed by atoms with van der Waals surface area (Å²) in [6.45, 7) is 3.87. The van der Waals surface area contributed by atoms with Gasteiger partial charge in [-0.3, -0.25) is 9.59 Å². The molecular weight excluding hydrogens is 300 g/mol. The summed E-state index contributed by atoms with van der Waals surface area (Å²) >= 11 is 0. The van der Waals surface area contributed by atoms with Gasteiger partial charge in [-0.1, -0.05) is 18.2 Å². The van der Waals surface area contributed by atoms with Gasteiger partial charge in [-0.2, -0.15) is 0 Å². The van der Waals surface area contributed by atoms with Gasteiger partial charge in [-0.15, -0.1) is 0 Å². The molecule has 24 heavy (non-hydrogen) atoms. The Kier molecular flexibility index (Phi) is 4.65. The van der Waals surface area contributed by atoms with Gasteiger partial charge in [0.25, 0.3) is 0 Å². The van der Waals surface area contributed by atoms with Gasteiger partial charge in [0.2, 0.25) is 5.91 Å². The Labute approximate surface area is 142 Å². The minimum Gasteiger partial charge on any atom is -0.376 e. The zero-order valence-electron chi connectivity index (χ0n) is 14.1. The Balaban J connectivity index is 1.70. The van der Waals surface area contributed by atoms with Crippen molar-refractivity contribution in [2.75, 3.05) is 16.8 Å². The Hall–Kier alpha value is -2.62. The van der Waals surface area contributed by atoms with Gasteiger partial charge in [0.1, 0.15) is 0 Å². The molecule has 0 aromatic heterocycles. The normalized spacial score (nSPS) is 16.4. The van der Waals surface area contributed by atoms with Crippen molar-refractivity contribution in [3.8, 4) is 0 Å². The predicted molar refractivity (Wildman–Crippen MR) is 96.6 cm³/mol. The van der Waals surface area contributed by atoms with E-state index in [0.717, 1.165) is 24.2 Å². The lowest BCUT2D eigenvalue weighted by molar-refractivity contribution is -0.117. The number of rotatable bonds is 4. The van der Waals surface area contributed by atoms with Crippen molar-refractivity contribution in [1.82, 2.24) is 0 Å². The summed E-state index contributed by atoms with van der Waals surface area (Å²) in [5, 5.41) is 3.16. The van der Waals surface area contributed by atoms with E-state index in [1.54, 1.807) is 19.1 Å². The number of para-hydroxylation sites is 1. The predicted octanol–water partition coefficient (Wildman–Crippen LogP) is 3.67. The maximum Gasteiger partial charge on any atom is 0.246 e. The summed E-state index contributed by atoms with van der Waals surface area (Å²) in [4.78, 5) is 25.9. The molecule has 1 unspecified atom stereocenters. The standard InChI is InChI=1S/C20H22N2O2/c1-14-7-8-17-5-3-4-6-19(17)22(14)20(24)13-21-18-11-9-16(10-12-18)15(2)23/h3-6,9-12,14,21H,7-8,13H2,1-2H3. The van der Waals surface area contributed by atoms with Crippen LogP contribution < -0.4 is 10.2 Å². The molecule has 0 aliphatic carbocycles. The third-order valence-corrected chi connectivity index (χ3v) is 4.53. The van der Waals surface area contributed by atoms with E-state index in [4.69, 9.17) is 0 Å². The lowest BCUT2D eigenvalue weighted by atomic mass is 9.96. The summed E-state index contributed by atoms with van der Waals surface area (Å²) in [6.07, 6.45) is 2.00. The van der Waals surface area contributed by atoms with E-state index < -0.39 is 0 Å². The average Bonchev–Trinajstić information content (AvgIpc) is 2.60. The van der Waals surface area contributed by atoms with Gasteiger partial charge in [0.15, 0.2) is 5.78 Å². The Morgan fingerprint density at radius 2 is 1.83 bits per heavy atom. The maximum absolute atomic E-state index is 12.7. The Morgan fingerprint density at radius 3 is 2.54 bits per heavy atom. The smallest absolute Gasteiger partial charge is 0.246 e. The van der Waals surface area contributed by atoms with E-state index in [1.807, 2.05) is 35.2 Å². The average molecular weight is 322 g/mol. The molecule has 0 spiro atoms. The van der Waals surface area contributed by atoms with Crippen molar-refractivity contribution < 1.29 is 9.59 Å². The zero-order chi connectivity index (χ0) is 17.1. The van der Waals surface area contributed by atoms with E-state index in [1.165, 1.54) is 5.56 Å². The number of hydrogen-bond acceptors (Lipinski definition) is 3. The number of amides is 1. The van der Waals surface area contributed by atoms with Gasteiger partial charge >= 0.3 is 0 Å². The number of carbonyl (C=O) groups excluding carboxylic acids is 2. The number of Topliss-reactive ketones (excluding diaryl/α,β-unsaturated/α-hetero) is 1. The highest BCUT2D eigenvalue weighted by molar-refractivity contribution is 5.98. The molecule has 2 aromatic rings. The van der Waals surface area contributed by atoms with Gasteiger partial charge in [-0.25, -0.2) is 0 Å². The molecule has 4 nitrogen and oxygen atoms in total. The lowest BCUT2D eigenvalue weighted by Gasteiger charge is -2.35. The van der Waals surface area contributed by atoms with Crippen LogP contribution >= 0.6 is 0 Å². The largest absolute Gasteiger partial charge is 0.376 e. The monoisotopic (exact) mass is 322 g/mol. The lowest BCUT2D eigenvalue weighted by Crippen LogP contribution is -2.44.